The summed E-state index contributed by atoms with van der Waals surface area (Å²) in [6.07, 6.45) is 1.68. The number of cyclic esters (lactones) is 1. The Bertz CT molecular complexity index is 766. The Hall–Kier alpha value is -1.47. The Morgan fingerprint density at radius 2 is 1.76 bits per heavy atom. The molecule has 0 amide bonds. The maximum atomic E-state index is 11.9. The van der Waals surface area contributed by atoms with E-state index in [1.54, 1.807) is 6.08 Å². The molecule has 104 valence electrons. The molecule has 0 aromatic heterocycles. The Kier molecular flexibility index (Phi) is 4.21. The SMILES string of the molecule is O=C1OC(c2ccc(Br)cc2)=CC1=Nc1ccccc1I. The van der Waals surface area contributed by atoms with Crippen LogP contribution < -0.4 is 0 Å². The van der Waals surface area contributed by atoms with Gasteiger partial charge in [-0.3, -0.25) is 0 Å². The number of carbonyl (C=O) groups is 1. The lowest BCUT2D eigenvalue weighted by molar-refractivity contribution is -0.128. The Morgan fingerprint density at radius 1 is 1.05 bits per heavy atom. The first-order valence-corrected chi connectivity index (χ1v) is 8.04. The molecule has 3 rings (SSSR count). The first kappa shape index (κ1) is 14.5. The van der Waals surface area contributed by atoms with Crippen LogP contribution in [0.1, 0.15) is 5.56 Å². The number of hydrogen-bond acceptors (Lipinski definition) is 3. The Morgan fingerprint density at radius 3 is 2.48 bits per heavy atom. The number of nitrogens with zero attached hydrogens (tertiary/aromatic N) is 1. The van der Waals surface area contributed by atoms with Gasteiger partial charge >= 0.3 is 5.97 Å². The third-order valence-corrected chi connectivity index (χ3v) is 4.34. The van der Waals surface area contributed by atoms with E-state index in [9.17, 15) is 4.79 Å². The molecule has 2 aromatic rings. The molecule has 1 aliphatic heterocycles. The number of rotatable bonds is 2. The van der Waals surface area contributed by atoms with Gasteiger partial charge in [0.05, 0.1) is 5.69 Å². The second kappa shape index (κ2) is 6.11. The van der Waals surface area contributed by atoms with E-state index in [0.717, 1.165) is 19.3 Å². The van der Waals surface area contributed by atoms with Crippen LogP contribution in [-0.4, -0.2) is 11.7 Å². The van der Waals surface area contributed by atoms with Crippen molar-refractivity contribution in [2.45, 2.75) is 0 Å². The molecular formula is C16H9BrINO2. The topological polar surface area (TPSA) is 38.7 Å². The van der Waals surface area contributed by atoms with Crippen molar-refractivity contribution in [3.8, 4) is 0 Å². The number of halogens is 2. The Labute approximate surface area is 144 Å². The largest absolute Gasteiger partial charge is 0.421 e. The monoisotopic (exact) mass is 453 g/mol. The molecule has 0 spiro atoms. The maximum absolute atomic E-state index is 11.9. The summed E-state index contributed by atoms with van der Waals surface area (Å²) in [6.45, 7) is 0. The zero-order valence-corrected chi connectivity index (χ0v) is 14.5. The molecule has 0 bridgehead atoms. The highest BCUT2D eigenvalue weighted by Crippen LogP contribution is 2.26. The minimum absolute atomic E-state index is 0.317. The highest BCUT2D eigenvalue weighted by atomic mass is 127. The molecule has 5 heteroatoms. The maximum Gasteiger partial charge on any atom is 0.362 e. The zero-order valence-electron chi connectivity index (χ0n) is 10.7. The summed E-state index contributed by atoms with van der Waals surface area (Å²) < 4.78 is 7.25. The number of ether oxygens (including phenoxy) is 1. The lowest BCUT2D eigenvalue weighted by Gasteiger charge is -2.01. The number of esters is 1. The van der Waals surface area contributed by atoms with Crippen molar-refractivity contribution < 1.29 is 9.53 Å². The van der Waals surface area contributed by atoms with Crippen molar-refractivity contribution in [1.29, 1.82) is 0 Å². The average Bonchev–Trinajstić information content (AvgIpc) is 2.83. The predicted octanol–water partition coefficient (Wildman–Crippen LogP) is 4.72. The molecule has 0 radical (unpaired) electrons. The van der Waals surface area contributed by atoms with Gasteiger partial charge in [-0.25, -0.2) is 9.79 Å². The third kappa shape index (κ3) is 3.24. The molecule has 0 fully saturated rings. The first-order valence-electron chi connectivity index (χ1n) is 6.16. The van der Waals surface area contributed by atoms with E-state index in [-0.39, 0.29) is 0 Å². The quantitative estimate of drug-likeness (QED) is 0.487. The molecule has 3 nitrogen and oxygen atoms in total. The lowest BCUT2D eigenvalue weighted by Crippen LogP contribution is -2.06. The summed E-state index contributed by atoms with van der Waals surface area (Å²) in [4.78, 5) is 16.3. The molecule has 1 aliphatic rings. The van der Waals surface area contributed by atoms with Crippen molar-refractivity contribution in [2.75, 3.05) is 0 Å². The summed E-state index contributed by atoms with van der Waals surface area (Å²) in [5.74, 6) is 0.102. The van der Waals surface area contributed by atoms with Gasteiger partial charge in [0.2, 0.25) is 0 Å². The fraction of sp³-hybridized carbons (Fsp3) is 0. The molecule has 1 heterocycles. The summed E-state index contributed by atoms with van der Waals surface area (Å²) >= 11 is 5.57. The molecule has 0 saturated carbocycles. The molecule has 0 unspecified atom stereocenters. The smallest absolute Gasteiger partial charge is 0.362 e. The second-order valence-corrected chi connectivity index (χ2v) is 6.43. The molecule has 2 aromatic carbocycles. The van der Waals surface area contributed by atoms with E-state index in [1.165, 1.54) is 0 Å². The average molecular weight is 454 g/mol. The molecule has 21 heavy (non-hydrogen) atoms. The summed E-state index contributed by atoms with van der Waals surface area (Å²) in [5.41, 5.74) is 1.93. The number of para-hydroxylation sites is 1. The van der Waals surface area contributed by atoms with Crippen LogP contribution in [0, 0.1) is 3.57 Å². The normalized spacial score (nSPS) is 16.0. The zero-order chi connectivity index (χ0) is 14.8. The minimum atomic E-state index is -0.424. The molecule has 0 atom stereocenters. The molecular weight excluding hydrogens is 445 g/mol. The van der Waals surface area contributed by atoms with Crippen LogP contribution in [0.2, 0.25) is 0 Å². The van der Waals surface area contributed by atoms with Crippen LogP contribution in [0.3, 0.4) is 0 Å². The van der Waals surface area contributed by atoms with Gasteiger partial charge in [-0.15, -0.1) is 0 Å². The highest BCUT2D eigenvalue weighted by Gasteiger charge is 2.23. The van der Waals surface area contributed by atoms with Crippen LogP contribution in [-0.2, 0) is 9.53 Å². The predicted molar refractivity (Wildman–Crippen MR) is 94.5 cm³/mol. The van der Waals surface area contributed by atoms with Gasteiger partial charge in [0, 0.05) is 19.7 Å². The van der Waals surface area contributed by atoms with Crippen molar-refractivity contribution in [3.63, 3.8) is 0 Å². The van der Waals surface area contributed by atoms with Crippen molar-refractivity contribution in [1.82, 2.24) is 0 Å². The van der Waals surface area contributed by atoms with Crippen molar-refractivity contribution in [2.24, 2.45) is 4.99 Å². The second-order valence-electron chi connectivity index (χ2n) is 4.35. The van der Waals surface area contributed by atoms with E-state index in [4.69, 9.17) is 4.74 Å². The van der Waals surface area contributed by atoms with Crippen LogP contribution in [0.4, 0.5) is 5.69 Å². The van der Waals surface area contributed by atoms with E-state index in [0.29, 0.717) is 11.5 Å². The fourth-order valence-corrected chi connectivity index (χ4v) is 2.64. The van der Waals surface area contributed by atoms with Crippen LogP contribution in [0.5, 0.6) is 0 Å². The van der Waals surface area contributed by atoms with Gasteiger partial charge < -0.3 is 4.74 Å². The molecule has 0 N–H and O–H groups in total. The fourth-order valence-electron chi connectivity index (χ4n) is 1.87. The van der Waals surface area contributed by atoms with E-state index >= 15 is 0 Å². The number of benzene rings is 2. The van der Waals surface area contributed by atoms with Crippen LogP contribution in [0.15, 0.2) is 64.1 Å². The van der Waals surface area contributed by atoms with Gasteiger partial charge in [-0.05, 0) is 46.9 Å². The van der Waals surface area contributed by atoms with Gasteiger partial charge in [-0.2, -0.15) is 0 Å². The number of aliphatic imine (C=N–C) groups is 1. The summed E-state index contributed by atoms with van der Waals surface area (Å²) in [5, 5.41) is 0. The van der Waals surface area contributed by atoms with Gasteiger partial charge in [0.1, 0.15) is 5.76 Å². The van der Waals surface area contributed by atoms with Crippen LogP contribution in [0.25, 0.3) is 5.76 Å². The third-order valence-electron chi connectivity index (χ3n) is 2.90. The van der Waals surface area contributed by atoms with E-state index < -0.39 is 5.97 Å². The van der Waals surface area contributed by atoms with Crippen LogP contribution >= 0.6 is 38.5 Å². The first-order chi connectivity index (χ1) is 10.1. The number of carbonyl (C=O) groups excluding carboxylic acids is 1. The van der Waals surface area contributed by atoms with Gasteiger partial charge in [-0.1, -0.05) is 40.2 Å². The van der Waals surface area contributed by atoms with Gasteiger partial charge in [0.15, 0.2) is 5.71 Å². The summed E-state index contributed by atoms with van der Waals surface area (Å²) in [6, 6.07) is 15.2. The Balaban J connectivity index is 1.96. The summed E-state index contributed by atoms with van der Waals surface area (Å²) in [7, 11) is 0. The minimum Gasteiger partial charge on any atom is -0.421 e. The standard InChI is InChI=1S/C16H9BrINO2/c17-11-7-5-10(6-8-11)15-9-14(16(20)21-15)19-13-4-2-1-3-12(13)18/h1-9H. The van der Waals surface area contributed by atoms with E-state index in [2.05, 4.69) is 43.5 Å². The van der Waals surface area contributed by atoms with Crippen molar-refractivity contribution in [3.05, 3.63) is 68.2 Å². The number of hydrogen-bond donors (Lipinski definition) is 0. The highest BCUT2D eigenvalue weighted by molar-refractivity contribution is 14.1. The molecule has 0 saturated heterocycles. The van der Waals surface area contributed by atoms with Crippen molar-refractivity contribution >= 4 is 61.6 Å². The van der Waals surface area contributed by atoms with E-state index in [1.807, 2.05) is 48.5 Å². The van der Waals surface area contributed by atoms with Gasteiger partial charge in [0.25, 0.3) is 0 Å². The molecule has 0 aliphatic carbocycles. The lowest BCUT2D eigenvalue weighted by atomic mass is 10.2.